The van der Waals surface area contributed by atoms with Crippen molar-refractivity contribution in [3.63, 3.8) is 0 Å². The minimum atomic E-state index is -2.36. The molecule has 52 heavy (non-hydrogen) atoms. The molecule has 290 valence electrons. The van der Waals surface area contributed by atoms with E-state index in [1.54, 1.807) is 11.1 Å². The molecule has 2 heterocycles. The van der Waals surface area contributed by atoms with E-state index in [9.17, 15) is 13.9 Å². The van der Waals surface area contributed by atoms with E-state index in [0.29, 0.717) is 64.2 Å². The van der Waals surface area contributed by atoms with E-state index in [0.717, 1.165) is 44.3 Å². The van der Waals surface area contributed by atoms with Crippen LogP contribution in [-0.4, -0.2) is 68.8 Å². The van der Waals surface area contributed by atoms with Gasteiger partial charge in [-0.15, -0.1) is 0 Å². The number of hydrogen-bond donors (Lipinski definition) is 3. The third-order valence-corrected chi connectivity index (χ3v) is 21.2. The van der Waals surface area contributed by atoms with Crippen LogP contribution in [0.25, 0.3) is 0 Å². The van der Waals surface area contributed by atoms with Crippen molar-refractivity contribution in [2.24, 2.45) is 69.0 Å². The van der Waals surface area contributed by atoms with Crippen LogP contribution in [0, 0.1) is 69.0 Å². The zero-order chi connectivity index (χ0) is 36.8. The van der Waals surface area contributed by atoms with Gasteiger partial charge in [-0.2, -0.15) is 10.6 Å². The molecular weight excluding hydrogens is 665 g/mol. The Morgan fingerprint density at radius 3 is 2.48 bits per heavy atom. The minimum absolute atomic E-state index is 0.0214. The number of carbonyl (C=O) groups is 1. The molecule has 0 radical (unpaired) electrons. The molecule has 3 N–H and O–H groups in total. The fourth-order valence-electron chi connectivity index (χ4n) is 16.3. The fourth-order valence-corrected chi connectivity index (χ4v) is 18.5. The highest BCUT2D eigenvalue weighted by atomic mass is 32.3. The minimum Gasteiger partial charge on any atom is -0.466 e. The van der Waals surface area contributed by atoms with E-state index in [1.165, 1.54) is 63.4 Å². The van der Waals surface area contributed by atoms with Crippen LogP contribution in [0.3, 0.4) is 0 Å². The van der Waals surface area contributed by atoms with Crippen molar-refractivity contribution in [2.75, 3.05) is 32.0 Å². The topological polar surface area (TPSA) is 82.0 Å². The first-order chi connectivity index (χ1) is 24.5. The lowest BCUT2D eigenvalue weighted by atomic mass is 9.33. The molecule has 7 fully saturated rings. The highest BCUT2D eigenvalue weighted by molar-refractivity contribution is 8.25. The SMILES string of the molecule is C=C(C)[C@@H]1CC[C@]2(NCCN3C[C@@H]4CC3CS4(O)O)CC[C@]3(C)[C@H](CC[C@@H]4[C@@]5(C)CC=C(C6=CC7C(C6)C7C(=O)OCC)C(C)(C)[C@@H]5CC[C@]43C)[C@@H]12. The Labute approximate surface area is 316 Å². The zero-order valence-corrected chi connectivity index (χ0v) is 34.3. The summed E-state index contributed by atoms with van der Waals surface area (Å²) in [5, 5.41) is 4.40. The van der Waals surface area contributed by atoms with Gasteiger partial charge in [-0.3, -0.25) is 18.8 Å². The normalized spacial score (nSPS) is 51.2. The van der Waals surface area contributed by atoms with Crippen molar-refractivity contribution in [2.45, 2.75) is 136 Å². The smallest absolute Gasteiger partial charge is 0.309 e. The van der Waals surface area contributed by atoms with Gasteiger partial charge in [0.2, 0.25) is 0 Å². The molecule has 5 saturated carbocycles. The van der Waals surface area contributed by atoms with Gasteiger partial charge in [0, 0.05) is 31.2 Å². The molecule has 7 aliphatic carbocycles. The Kier molecular flexibility index (Phi) is 8.39. The summed E-state index contributed by atoms with van der Waals surface area (Å²) in [6.07, 6.45) is 18.9. The van der Waals surface area contributed by atoms with Crippen molar-refractivity contribution in [1.82, 2.24) is 10.2 Å². The Bertz CT molecular complexity index is 1590. The van der Waals surface area contributed by atoms with E-state index in [2.05, 4.69) is 70.5 Å². The predicted octanol–water partition coefficient (Wildman–Crippen LogP) is 9.48. The summed E-state index contributed by atoms with van der Waals surface area (Å²) >= 11 is 0. The largest absolute Gasteiger partial charge is 0.466 e. The summed E-state index contributed by atoms with van der Waals surface area (Å²) in [5.74, 6) is 4.98. The van der Waals surface area contributed by atoms with Gasteiger partial charge in [0.25, 0.3) is 0 Å². The van der Waals surface area contributed by atoms with Crippen LogP contribution >= 0.6 is 10.6 Å². The van der Waals surface area contributed by atoms with Crippen molar-refractivity contribution >= 4 is 16.6 Å². The quantitative estimate of drug-likeness (QED) is 0.170. The number of hydrogen-bond acceptors (Lipinski definition) is 6. The number of fused-ring (bicyclic) bond motifs is 10. The van der Waals surface area contributed by atoms with Crippen molar-refractivity contribution in [3.8, 4) is 0 Å². The molecule has 2 bridgehead atoms. The third-order valence-electron chi connectivity index (χ3n) is 19.0. The molecule has 0 spiro atoms. The Balaban J connectivity index is 0.945. The van der Waals surface area contributed by atoms with Gasteiger partial charge in [0.1, 0.15) is 0 Å². The van der Waals surface area contributed by atoms with Gasteiger partial charge >= 0.3 is 5.97 Å². The summed E-state index contributed by atoms with van der Waals surface area (Å²) < 4.78 is 26.3. The lowest BCUT2D eigenvalue weighted by molar-refractivity contribution is -0.221. The van der Waals surface area contributed by atoms with E-state index in [1.807, 2.05) is 6.92 Å². The van der Waals surface area contributed by atoms with Crippen LogP contribution in [-0.2, 0) is 9.53 Å². The molecule has 14 atom stereocenters. The van der Waals surface area contributed by atoms with Gasteiger partial charge in [0.05, 0.1) is 23.5 Å². The summed E-state index contributed by atoms with van der Waals surface area (Å²) in [6, 6.07) is 0.359. The first-order valence-corrected chi connectivity index (χ1v) is 23.3. The van der Waals surface area contributed by atoms with E-state index < -0.39 is 10.6 Å². The van der Waals surface area contributed by atoms with Crippen LogP contribution < -0.4 is 5.32 Å². The van der Waals surface area contributed by atoms with E-state index >= 15 is 0 Å². The Morgan fingerprint density at radius 2 is 1.83 bits per heavy atom. The lowest BCUT2D eigenvalue weighted by Gasteiger charge is -2.72. The number of ether oxygens (including phenoxy) is 1. The van der Waals surface area contributed by atoms with Crippen LogP contribution in [0.15, 0.2) is 35.5 Å². The highest BCUT2D eigenvalue weighted by Gasteiger charge is 2.71. The third kappa shape index (κ3) is 4.92. The first kappa shape index (κ1) is 36.5. The number of esters is 1. The van der Waals surface area contributed by atoms with Crippen LogP contribution in [0.5, 0.6) is 0 Å². The first-order valence-electron chi connectivity index (χ1n) is 21.5. The number of nitrogens with zero attached hydrogens (tertiary/aromatic N) is 1. The fraction of sp³-hybridized carbons (Fsp3) is 0.844. The van der Waals surface area contributed by atoms with E-state index in [4.69, 9.17) is 4.74 Å². The average molecular weight is 735 g/mol. The van der Waals surface area contributed by atoms with Gasteiger partial charge in [-0.1, -0.05) is 58.9 Å². The number of rotatable bonds is 8. The maximum atomic E-state index is 12.5. The standard InChI is InChI=1S/C45H70N2O4S/c1-9-51-40(48)38-32-22-28(23-33(32)38)34-13-15-42(6)36(41(34,4)5)14-16-44(8)37(42)11-10-35-39-31(27(2)3)12-17-45(39,19-18-43(35,44)7)46-20-21-47-25-30-24-29(47)26-52(30,49)50/h13,22,29-33,35-39,46,49-50H,2,9-12,14-21,23-26H2,1,3-8H3/t29?,30-,31-,32?,33?,35+,36-,37+,38?,39+,42-,43+,44+,45-/m0/s1. The maximum Gasteiger partial charge on any atom is 0.309 e. The number of carbonyl (C=O) groups excluding carboxylic acids is 1. The zero-order valence-electron chi connectivity index (χ0n) is 33.5. The summed E-state index contributed by atoms with van der Waals surface area (Å²) in [5.41, 5.74) is 5.85. The molecule has 9 rings (SSSR count). The molecule has 0 aromatic heterocycles. The van der Waals surface area contributed by atoms with Crippen LogP contribution in [0.1, 0.15) is 119 Å². The van der Waals surface area contributed by atoms with E-state index in [-0.39, 0.29) is 28.1 Å². The molecule has 9 aliphatic rings. The van der Waals surface area contributed by atoms with Gasteiger partial charge in [-0.05, 0) is 159 Å². The Hall–Kier alpha value is -1.12. The number of allylic oxidation sites excluding steroid dienone is 5. The molecule has 7 heteroatoms. The summed E-state index contributed by atoms with van der Waals surface area (Å²) in [7, 11) is -2.36. The second kappa shape index (κ2) is 11.9. The molecule has 6 nitrogen and oxygen atoms in total. The summed E-state index contributed by atoms with van der Waals surface area (Å²) in [6.45, 7) is 25.6. The van der Waals surface area contributed by atoms with Crippen LogP contribution in [0.4, 0.5) is 0 Å². The number of likely N-dealkylation sites (tertiary alicyclic amines) is 1. The molecule has 0 amide bonds. The second-order valence-corrected chi connectivity index (χ2v) is 23.6. The molecule has 4 unspecified atom stereocenters. The van der Waals surface area contributed by atoms with Gasteiger partial charge in [0.15, 0.2) is 0 Å². The Morgan fingerprint density at radius 1 is 1.04 bits per heavy atom. The molecular formula is C45H70N2O4S. The monoisotopic (exact) mass is 735 g/mol. The molecule has 0 aromatic carbocycles. The second-order valence-electron chi connectivity index (χ2n) is 21.1. The van der Waals surface area contributed by atoms with Gasteiger partial charge < -0.3 is 10.1 Å². The predicted molar refractivity (Wildman–Crippen MR) is 212 cm³/mol. The molecule has 0 aromatic rings. The van der Waals surface area contributed by atoms with Crippen LogP contribution in [0.2, 0.25) is 0 Å². The maximum absolute atomic E-state index is 12.5. The van der Waals surface area contributed by atoms with Crippen molar-refractivity contribution in [1.29, 1.82) is 0 Å². The van der Waals surface area contributed by atoms with Crippen molar-refractivity contribution in [3.05, 3.63) is 35.5 Å². The number of nitrogens with one attached hydrogen (secondary N) is 1. The highest BCUT2D eigenvalue weighted by Crippen LogP contribution is 2.77. The molecule has 2 aliphatic heterocycles. The summed E-state index contributed by atoms with van der Waals surface area (Å²) in [4.78, 5) is 15.1. The molecule has 2 saturated heterocycles. The van der Waals surface area contributed by atoms with Crippen molar-refractivity contribution < 1.29 is 18.6 Å². The average Bonchev–Trinajstić information content (AvgIpc) is 3.49. The lowest BCUT2D eigenvalue weighted by Crippen LogP contribution is -2.68. The van der Waals surface area contributed by atoms with Gasteiger partial charge in [-0.25, -0.2) is 0 Å².